The van der Waals surface area contributed by atoms with Gasteiger partial charge in [0.15, 0.2) is 0 Å². The zero-order chi connectivity index (χ0) is 15.5. The van der Waals surface area contributed by atoms with Gasteiger partial charge in [0.05, 0.1) is 6.26 Å². The summed E-state index contributed by atoms with van der Waals surface area (Å²) in [6.45, 7) is 9.89. The molecule has 0 spiro atoms. The summed E-state index contributed by atoms with van der Waals surface area (Å²) in [6.07, 6.45) is 4.70. The van der Waals surface area contributed by atoms with Gasteiger partial charge in [-0.3, -0.25) is 4.79 Å². The maximum Gasteiger partial charge on any atom is 0.227 e. The van der Waals surface area contributed by atoms with E-state index in [0.717, 1.165) is 38.1 Å². The van der Waals surface area contributed by atoms with Crippen molar-refractivity contribution < 1.29 is 9.21 Å². The lowest BCUT2D eigenvalue weighted by Crippen LogP contribution is -2.50. The SMILES string of the molecule is CC(Cc1ccco1)NC1CCN(C(=O)C(C)(C)C)CC1. The molecule has 1 amide bonds. The first-order valence-corrected chi connectivity index (χ1v) is 7.94. The predicted octanol–water partition coefficient (Wildman–Crippen LogP) is 2.84. The van der Waals surface area contributed by atoms with E-state index in [9.17, 15) is 4.79 Å². The fourth-order valence-corrected chi connectivity index (χ4v) is 2.92. The quantitative estimate of drug-likeness (QED) is 0.928. The number of amides is 1. The molecule has 1 N–H and O–H groups in total. The van der Waals surface area contributed by atoms with E-state index < -0.39 is 0 Å². The van der Waals surface area contributed by atoms with Crippen molar-refractivity contribution >= 4 is 5.91 Å². The highest BCUT2D eigenvalue weighted by molar-refractivity contribution is 5.81. The largest absolute Gasteiger partial charge is 0.469 e. The van der Waals surface area contributed by atoms with E-state index in [1.54, 1.807) is 6.26 Å². The molecule has 1 atom stereocenters. The van der Waals surface area contributed by atoms with Crippen LogP contribution in [0.1, 0.15) is 46.3 Å². The first-order chi connectivity index (χ1) is 9.86. The second-order valence-electron chi connectivity index (χ2n) is 7.17. The van der Waals surface area contributed by atoms with Crippen LogP contribution in [0, 0.1) is 5.41 Å². The van der Waals surface area contributed by atoms with Gasteiger partial charge in [-0.1, -0.05) is 20.8 Å². The molecule has 2 heterocycles. The predicted molar refractivity (Wildman–Crippen MR) is 84.1 cm³/mol. The van der Waals surface area contributed by atoms with E-state index in [1.165, 1.54) is 0 Å². The maximum atomic E-state index is 12.3. The van der Waals surface area contributed by atoms with Crippen molar-refractivity contribution in [3.63, 3.8) is 0 Å². The molecule has 0 saturated carbocycles. The molecule has 0 aliphatic carbocycles. The van der Waals surface area contributed by atoms with Gasteiger partial charge in [0.2, 0.25) is 5.91 Å². The minimum Gasteiger partial charge on any atom is -0.469 e. The van der Waals surface area contributed by atoms with Crippen molar-refractivity contribution in [2.45, 2.75) is 59.0 Å². The second-order valence-corrected chi connectivity index (χ2v) is 7.17. The lowest BCUT2D eigenvalue weighted by Gasteiger charge is -2.37. The van der Waals surface area contributed by atoms with Crippen molar-refractivity contribution in [2.24, 2.45) is 5.41 Å². The molecule has 1 aliphatic rings. The molecule has 0 bridgehead atoms. The average molecular weight is 292 g/mol. The van der Waals surface area contributed by atoms with Gasteiger partial charge in [0.25, 0.3) is 0 Å². The van der Waals surface area contributed by atoms with Gasteiger partial charge >= 0.3 is 0 Å². The molecule has 118 valence electrons. The Hall–Kier alpha value is -1.29. The number of carbonyl (C=O) groups is 1. The summed E-state index contributed by atoms with van der Waals surface area (Å²) in [5, 5.41) is 3.66. The number of rotatable bonds is 4. The zero-order valence-electron chi connectivity index (χ0n) is 13.7. The normalized spacial score (nSPS) is 18.8. The van der Waals surface area contributed by atoms with Crippen LogP contribution in [0.4, 0.5) is 0 Å². The Bertz CT molecular complexity index is 440. The first-order valence-electron chi connectivity index (χ1n) is 7.94. The number of hydrogen-bond donors (Lipinski definition) is 1. The summed E-state index contributed by atoms with van der Waals surface area (Å²) >= 11 is 0. The Morgan fingerprint density at radius 3 is 2.62 bits per heavy atom. The van der Waals surface area contributed by atoms with Gasteiger partial charge in [-0.25, -0.2) is 0 Å². The third kappa shape index (κ3) is 4.60. The van der Waals surface area contributed by atoms with Crippen molar-refractivity contribution in [3.8, 4) is 0 Å². The van der Waals surface area contributed by atoms with E-state index in [4.69, 9.17) is 4.42 Å². The summed E-state index contributed by atoms with van der Waals surface area (Å²) in [7, 11) is 0. The molecule has 1 fully saturated rings. The highest BCUT2D eigenvalue weighted by Crippen LogP contribution is 2.21. The standard InChI is InChI=1S/C17H28N2O2/c1-13(12-15-6-5-11-21-15)18-14-7-9-19(10-8-14)16(20)17(2,3)4/h5-6,11,13-14,18H,7-10,12H2,1-4H3. The van der Waals surface area contributed by atoms with Crippen LogP contribution in [0.2, 0.25) is 0 Å². The Kier molecular flexibility index (Phi) is 5.09. The van der Waals surface area contributed by atoms with Crippen LogP contribution in [0.15, 0.2) is 22.8 Å². The summed E-state index contributed by atoms with van der Waals surface area (Å²) in [5.74, 6) is 1.29. The third-order valence-corrected chi connectivity index (χ3v) is 4.03. The Morgan fingerprint density at radius 2 is 2.10 bits per heavy atom. The Morgan fingerprint density at radius 1 is 1.43 bits per heavy atom. The molecule has 4 nitrogen and oxygen atoms in total. The van der Waals surface area contributed by atoms with Crippen LogP contribution < -0.4 is 5.32 Å². The van der Waals surface area contributed by atoms with Gasteiger partial charge in [0, 0.05) is 37.0 Å². The number of carbonyl (C=O) groups excluding carboxylic acids is 1. The van der Waals surface area contributed by atoms with Crippen LogP contribution in [-0.2, 0) is 11.2 Å². The number of piperidine rings is 1. The van der Waals surface area contributed by atoms with E-state index in [2.05, 4.69) is 12.2 Å². The highest BCUT2D eigenvalue weighted by Gasteiger charge is 2.30. The number of nitrogens with zero attached hydrogens (tertiary/aromatic N) is 1. The molecule has 0 aromatic carbocycles. The monoisotopic (exact) mass is 292 g/mol. The highest BCUT2D eigenvalue weighted by atomic mass is 16.3. The summed E-state index contributed by atoms with van der Waals surface area (Å²) in [5.41, 5.74) is -0.271. The van der Waals surface area contributed by atoms with Crippen LogP contribution in [0.25, 0.3) is 0 Å². The van der Waals surface area contributed by atoms with Crippen molar-refractivity contribution in [1.29, 1.82) is 0 Å². The van der Waals surface area contributed by atoms with Crippen LogP contribution in [-0.4, -0.2) is 36.0 Å². The lowest BCUT2D eigenvalue weighted by molar-refractivity contribution is -0.140. The fourth-order valence-electron chi connectivity index (χ4n) is 2.92. The van der Waals surface area contributed by atoms with Crippen LogP contribution in [0.5, 0.6) is 0 Å². The van der Waals surface area contributed by atoms with E-state index in [0.29, 0.717) is 12.1 Å². The number of furan rings is 1. The van der Waals surface area contributed by atoms with Crippen molar-refractivity contribution in [3.05, 3.63) is 24.2 Å². The van der Waals surface area contributed by atoms with Gasteiger partial charge in [-0.2, -0.15) is 0 Å². The Labute approximate surface area is 127 Å². The van der Waals surface area contributed by atoms with Gasteiger partial charge < -0.3 is 14.6 Å². The molecule has 1 saturated heterocycles. The fraction of sp³-hybridized carbons (Fsp3) is 0.706. The van der Waals surface area contributed by atoms with Gasteiger partial charge in [-0.15, -0.1) is 0 Å². The molecule has 1 aliphatic heterocycles. The molecule has 1 unspecified atom stereocenters. The molecular formula is C17H28N2O2. The smallest absolute Gasteiger partial charge is 0.227 e. The van der Waals surface area contributed by atoms with E-state index >= 15 is 0 Å². The molecule has 2 rings (SSSR count). The van der Waals surface area contributed by atoms with Crippen LogP contribution in [0.3, 0.4) is 0 Å². The van der Waals surface area contributed by atoms with Gasteiger partial charge in [0.1, 0.15) is 5.76 Å². The first kappa shape index (κ1) is 16.1. The molecular weight excluding hydrogens is 264 g/mol. The number of nitrogens with one attached hydrogen (secondary N) is 1. The lowest BCUT2D eigenvalue weighted by atomic mass is 9.93. The summed E-state index contributed by atoms with van der Waals surface area (Å²) in [6, 6.07) is 4.84. The van der Waals surface area contributed by atoms with Crippen molar-refractivity contribution in [1.82, 2.24) is 10.2 Å². The summed E-state index contributed by atoms with van der Waals surface area (Å²) in [4.78, 5) is 14.3. The minimum atomic E-state index is -0.271. The molecule has 4 heteroatoms. The average Bonchev–Trinajstić information content (AvgIpc) is 2.90. The summed E-state index contributed by atoms with van der Waals surface area (Å²) < 4.78 is 5.39. The third-order valence-electron chi connectivity index (χ3n) is 4.03. The number of likely N-dealkylation sites (tertiary alicyclic amines) is 1. The second kappa shape index (κ2) is 6.65. The Balaban J connectivity index is 1.75. The van der Waals surface area contributed by atoms with E-state index in [1.807, 2.05) is 37.8 Å². The topological polar surface area (TPSA) is 45.5 Å². The van der Waals surface area contributed by atoms with Crippen LogP contribution >= 0.6 is 0 Å². The maximum absolute atomic E-state index is 12.3. The molecule has 1 aromatic rings. The molecule has 0 radical (unpaired) electrons. The number of hydrogen-bond acceptors (Lipinski definition) is 3. The van der Waals surface area contributed by atoms with Gasteiger partial charge in [-0.05, 0) is 31.9 Å². The molecule has 1 aromatic heterocycles. The molecule has 21 heavy (non-hydrogen) atoms. The van der Waals surface area contributed by atoms with E-state index in [-0.39, 0.29) is 11.3 Å². The zero-order valence-corrected chi connectivity index (χ0v) is 13.7. The van der Waals surface area contributed by atoms with Crippen molar-refractivity contribution in [2.75, 3.05) is 13.1 Å². The minimum absolute atomic E-state index is 0.268.